The Bertz CT molecular complexity index is 294. The lowest BCUT2D eigenvalue weighted by Crippen LogP contribution is -2.30. The molecule has 0 fully saturated rings. The molecule has 0 spiro atoms. The van der Waals surface area contributed by atoms with E-state index in [4.69, 9.17) is 4.74 Å². The van der Waals surface area contributed by atoms with E-state index in [1.165, 1.54) is 18.4 Å². The normalized spacial score (nSPS) is 14.5. The average molecular weight is 221 g/mol. The van der Waals surface area contributed by atoms with Crippen molar-refractivity contribution in [1.82, 2.24) is 5.32 Å². The summed E-state index contributed by atoms with van der Waals surface area (Å²) in [6, 6.07) is 8.93. The minimum Gasteiger partial charge on any atom is -0.497 e. The van der Waals surface area contributed by atoms with Crippen molar-refractivity contribution in [2.45, 2.75) is 38.6 Å². The molecule has 2 atom stereocenters. The third-order valence-corrected chi connectivity index (χ3v) is 3.22. The Morgan fingerprint density at radius 3 is 2.31 bits per heavy atom. The molecule has 1 aromatic rings. The lowest BCUT2D eigenvalue weighted by molar-refractivity contribution is 0.413. The van der Waals surface area contributed by atoms with Crippen LogP contribution in [0.25, 0.3) is 0 Å². The SMILES string of the molecule is CCCC(NC)C(C)c1ccc(OC)cc1. The summed E-state index contributed by atoms with van der Waals surface area (Å²) < 4.78 is 5.17. The molecular formula is C14H23NO. The van der Waals surface area contributed by atoms with Crippen LogP contribution in [-0.2, 0) is 0 Å². The van der Waals surface area contributed by atoms with Gasteiger partial charge in [0.1, 0.15) is 5.75 Å². The van der Waals surface area contributed by atoms with E-state index in [2.05, 4.69) is 31.3 Å². The molecule has 0 saturated heterocycles. The maximum Gasteiger partial charge on any atom is 0.118 e. The van der Waals surface area contributed by atoms with Gasteiger partial charge in [-0.25, -0.2) is 0 Å². The van der Waals surface area contributed by atoms with Crippen LogP contribution in [-0.4, -0.2) is 20.2 Å². The first-order valence-electron chi connectivity index (χ1n) is 6.04. The van der Waals surface area contributed by atoms with E-state index in [0.29, 0.717) is 12.0 Å². The van der Waals surface area contributed by atoms with Crippen molar-refractivity contribution in [2.24, 2.45) is 0 Å². The van der Waals surface area contributed by atoms with Gasteiger partial charge in [0.05, 0.1) is 7.11 Å². The van der Waals surface area contributed by atoms with E-state index in [9.17, 15) is 0 Å². The van der Waals surface area contributed by atoms with Crippen molar-refractivity contribution in [3.63, 3.8) is 0 Å². The summed E-state index contributed by atoms with van der Waals surface area (Å²) in [6.45, 7) is 4.50. The van der Waals surface area contributed by atoms with Crippen LogP contribution >= 0.6 is 0 Å². The van der Waals surface area contributed by atoms with Crippen molar-refractivity contribution in [3.8, 4) is 5.75 Å². The van der Waals surface area contributed by atoms with E-state index >= 15 is 0 Å². The molecule has 0 heterocycles. The highest BCUT2D eigenvalue weighted by Gasteiger charge is 2.15. The van der Waals surface area contributed by atoms with E-state index in [1.54, 1.807) is 7.11 Å². The maximum atomic E-state index is 5.17. The molecule has 0 aliphatic heterocycles. The summed E-state index contributed by atoms with van der Waals surface area (Å²) in [4.78, 5) is 0. The molecule has 16 heavy (non-hydrogen) atoms. The summed E-state index contributed by atoms with van der Waals surface area (Å²) in [6.07, 6.45) is 2.43. The molecule has 2 nitrogen and oxygen atoms in total. The minimum atomic E-state index is 0.538. The Labute approximate surface area is 99.0 Å². The monoisotopic (exact) mass is 221 g/mol. The van der Waals surface area contributed by atoms with Gasteiger partial charge in [-0.15, -0.1) is 0 Å². The quantitative estimate of drug-likeness (QED) is 0.796. The van der Waals surface area contributed by atoms with E-state index in [-0.39, 0.29) is 0 Å². The number of rotatable bonds is 6. The third-order valence-electron chi connectivity index (χ3n) is 3.22. The zero-order chi connectivity index (χ0) is 12.0. The van der Waals surface area contributed by atoms with Gasteiger partial charge in [0.25, 0.3) is 0 Å². The first kappa shape index (κ1) is 13.0. The summed E-state index contributed by atoms with van der Waals surface area (Å²) in [5.41, 5.74) is 1.37. The van der Waals surface area contributed by atoms with Crippen molar-refractivity contribution in [3.05, 3.63) is 29.8 Å². The van der Waals surface area contributed by atoms with Crippen LogP contribution < -0.4 is 10.1 Å². The van der Waals surface area contributed by atoms with Crippen LogP contribution in [0.4, 0.5) is 0 Å². The minimum absolute atomic E-state index is 0.538. The number of ether oxygens (including phenoxy) is 1. The molecule has 0 amide bonds. The largest absolute Gasteiger partial charge is 0.497 e. The second-order valence-electron chi connectivity index (χ2n) is 4.25. The van der Waals surface area contributed by atoms with Crippen molar-refractivity contribution < 1.29 is 4.74 Å². The van der Waals surface area contributed by atoms with Crippen molar-refractivity contribution in [1.29, 1.82) is 0 Å². The summed E-state index contributed by atoms with van der Waals surface area (Å²) in [5.74, 6) is 1.46. The van der Waals surface area contributed by atoms with Crippen LogP contribution in [0.3, 0.4) is 0 Å². The number of hydrogen-bond acceptors (Lipinski definition) is 2. The fourth-order valence-electron chi connectivity index (χ4n) is 2.10. The smallest absolute Gasteiger partial charge is 0.118 e. The predicted octanol–water partition coefficient (Wildman–Crippen LogP) is 3.19. The van der Waals surface area contributed by atoms with Crippen LogP contribution in [0.2, 0.25) is 0 Å². The molecular weight excluding hydrogens is 198 g/mol. The fraction of sp³-hybridized carbons (Fsp3) is 0.571. The van der Waals surface area contributed by atoms with Gasteiger partial charge in [-0.2, -0.15) is 0 Å². The van der Waals surface area contributed by atoms with Crippen LogP contribution in [0.5, 0.6) is 5.75 Å². The molecule has 1 N–H and O–H groups in total. The summed E-state index contributed by atoms with van der Waals surface area (Å²) >= 11 is 0. The molecule has 2 unspecified atom stereocenters. The second kappa shape index (κ2) is 6.54. The predicted molar refractivity (Wildman–Crippen MR) is 69.2 cm³/mol. The number of hydrogen-bond donors (Lipinski definition) is 1. The van der Waals surface area contributed by atoms with Gasteiger partial charge in [-0.1, -0.05) is 32.4 Å². The Balaban J connectivity index is 2.73. The number of likely N-dealkylation sites (N-methyl/N-ethyl adjacent to an activating group) is 1. The van der Waals surface area contributed by atoms with Gasteiger partial charge < -0.3 is 10.1 Å². The fourth-order valence-corrected chi connectivity index (χ4v) is 2.10. The summed E-state index contributed by atoms with van der Waals surface area (Å²) in [7, 11) is 3.74. The molecule has 0 aromatic heterocycles. The molecule has 0 bridgehead atoms. The number of benzene rings is 1. The van der Waals surface area contributed by atoms with Gasteiger partial charge >= 0.3 is 0 Å². The van der Waals surface area contributed by atoms with Gasteiger partial charge in [-0.3, -0.25) is 0 Å². The Hall–Kier alpha value is -1.02. The average Bonchev–Trinajstić information content (AvgIpc) is 2.35. The lowest BCUT2D eigenvalue weighted by Gasteiger charge is -2.23. The topological polar surface area (TPSA) is 21.3 Å². The first-order valence-corrected chi connectivity index (χ1v) is 6.04. The van der Waals surface area contributed by atoms with Crippen molar-refractivity contribution in [2.75, 3.05) is 14.2 Å². The van der Waals surface area contributed by atoms with E-state index in [0.717, 1.165) is 5.75 Å². The highest BCUT2D eigenvalue weighted by molar-refractivity contribution is 5.29. The number of nitrogens with one attached hydrogen (secondary N) is 1. The Morgan fingerprint density at radius 1 is 1.25 bits per heavy atom. The van der Waals surface area contributed by atoms with Crippen LogP contribution in [0.15, 0.2) is 24.3 Å². The Kier molecular flexibility index (Phi) is 5.33. The van der Waals surface area contributed by atoms with E-state index < -0.39 is 0 Å². The second-order valence-corrected chi connectivity index (χ2v) is 4.25. The lowest BCUT2D eigenvalue weighted by atomic mass is 9.90. The van der Waals surface area contributed by atoms with Crippen LogP contribution in [0.1, 0.15) is 38.2 Å². The molecule has 1 aromatic carbocycles. The molecule has 0 radical (unpaired) electrons. The highest BCUT2D eigenvalue weighted by atomic mass is 16.5. The first-order chi connectivity index (χ1) is 7.72. The molecule has 90 valence electrons. The van der Waals surface area contributed by atoms with Gasteiger partial charge in [0.2, 0.25) is 0 Å². The van der Waals surface area contributed by atoms with Gasteiger partial charge in [-0.05, 0) is 37.1 Å². The molecule has 0 aliphatic carbocycles. The molecule has 0 saturated carbocycles. The highest BCUT2D eigenvalue weighted by Crippen LogP contribution is 2.23. The standard InChI is InChI=1S/C14H23NO/c1-5-6-14(15-3)11(2)12-7-9-13(16-4)10-8-12/h7-11,14-15H,5-6H2,1-4H3. The molecule has 2 heteroatoms. The van der Waals surface area contributed by atoms with Gasteiger partial charge in [0, 0.05) is 6.04 Å². The zero-order valence-corrected chi connectivity index (χ0v) is 10.8. The van der Waals surface area contributed by atoms with Gasteiger partial charge in [0.15, 0.2) is 0 Å². The van der Waals surface area contributed by atoms with E-state index in [1.807, 2.05) is 19.2 Å². The number of methoxy groups -OCH3 is 1. The molecule has 1 rings (SSSR count). The summed E-state index contributed by atoms with van der Waals surface area (Å²) in [5, 5.41) is 3.40. The Morgan fingerprint density at radius 2 is 1.88 bits per heavy atom. The molecule has 0 aliphatic rings. The third kappa shape index (κ3) is 3.24. The van der Waals surface area contributed by atoms with Crippen LogP contribution in [0, 0.1) is 0 Å². The zero-order valence-electron chi connectivity index (χ0n) is 10.8. The maximum absolute atomic E-state index is 5.17. The van der Waals surface area contributed by atoms with Crippen molar-refractivity contribution >= 4 is 0 Å².